The lowest BCUT2D eigenvalue weighted by Gasteiger charge is -2.17. The molecule has 3 nitrogen and oxygen atoms in total. The molecule has 0 amide bonds. The van der Waals surface area contributed by atoms with E-state index in [1.54, 1.807) is 11.3 Å². The maximum Gasteiger partial charge on any atom is 0.0738 e. The van der Waals surface area contributed by atoms with E-state index in [1.807, 2.05) is 30.1 Å². The Kier molecular flexibility index (Phi) is 5.06. The Hall–Kier alpha value is -0.360. The van der Waals surface area contributed by atoms with Gasteiger partial charge in [0, 0.05) is 24.4 Å². The van der Waals surface area contributed by atoms with Gasteiger partial charge < -0.3 is 5.32 Å². The summed E-state index contributed by atoms with van der Waals surface area (Å²) in [5.74, 6) is 0. The molecule has 1 N–H and O–H groups in total. The van der Waals surface area contributed by atoms with Gasteiger partial charge in [-0.1, -0.05) is 18.5 Å². The van der Waals surface area contributed by atoms with E-state index in [-0.39, 0.29) is 6.04 Å². The second-order valence-corrected chi connectivity index (χ2v) is 6.56. The number of likely N-dealkylation sites (N-methyl/N-ethyl adjacent to an activating group) is 1. The molecule has 6 heteroatoms. The fourth-order valence-electron chi connectivity index (χ4n) is 2.15. The molecule has 19 heavy (non-hydrogen) atoms. The van der Waals surface area contributed by atoms with Crippen LogP contribution < -0.4 is 5.32 Å². The van der Waals surface area contributed by atoms with Gasteiger partial charge >= 0.3 is 0 Å². The van der Waals surface area contributed by atoms with Crippen molar-refractivity contribution in [3.05, 3.63) is 37.2 Å². The summed E-state index contributed by atoms with van der Waals surface area (Å²) >= 11 is 11.6. The quantitative estimate of drug-likeness (QED) is 0.868. The van der Waals surface area contributed by atoms with Crippen LogP contribution >= 0.6 is 38.9 Å². The van der Waals surface area contributed by atoms with E-state index in [2.05, 4.69) is 33.3 Å². The highest BCUT2D eigenvalue weighted by molar-refractivity contribution is 9.10. The third kappa shape index (κ3) is 3.21. The summed E-state index contributed by atoms with van der Waals surface area (Å²) in [4.78, 5) is 1.19. The first-order valence-electron chi connectivity index (χ1n) is 6.18. The van der Waals surface area contributed by atoms with Crippen LogP contribution in [0.5, 0.6) is 0 Å². The van der Waals surface area contributed by atoms with Gasteiger partial charge in [-0.25, -0.2) is 0 Å². The Labute approximate surface area is 131 Å². The minimum atomic E-state index is 0.226. The van der Waals surface area contributed by atoms with Crippen LogP contribution in [0, 0.1) is 6.92 Å². The fraction of sp³-hybridized carbons (Fsp3) is 0.462. The van der Waals surface area contributed by atoms with Gasteiger partial charge in [0.25, 0.3) is 0 Å². The molecule has 0 fully saturated rings. The number of nitrogens with zero attached hydrogens (tertiary/aromatic N) is 2. The summed E-state index contributed by atoms with van der Waals surface area (Å²) in [5.41, 5.74) is 2.21. The van der Waals surface area contributed by atoms with Gasteiger partial charge in [0.05, 0.1) is 20.9 Å². The number of rotatable bonds is 5. The molecule has 0 radical (unpaired) electrons. The van der Waals surface area contributed by atoms with Gasteiger partial charge in [0.1, 0.15) is 0 Å². The maximum atomic E-state index is 6.26. The number of nitrogens with one attached hydrogen (secondary N) is 1. The summed E-state index contributed by atoms with van der Waals surface area (Å²) in [6.07, 6.45) is 0.867. The van der Waals surface area contributed by atoms with Crippen molar-refractivity contribution in [2.45, 2.75) is 26.3 Å². The molecular weight excluding hydrogens is 346 g/mol. The molecule has 0 saturated heterocycles. The normalized spacial score (nSPS) is 12.9. The third-order valence-corrected chi connectivity index (χ3v) is 5.57. The zero-order valence-electron chi connectivity index (χ0n) is 11.2. The molecule has 0 spiro atoms. The molecule has 1 atom stereocenters. The van der Waals surface area contributed by atoms with Gasteiger partial charge in [0.2, 0.25) is 0 Å². The van der Waals surface area contributed by atoms with Crippen molar-refractivity contribution in [1.29, 1.82) is 0 Å². The predicted octanol–water partition coefficient (Wildman–Crippen LogP) is 4.10. The standard InChI is InChI=1S/C13H17BrClN3S/c1-4-16-10(13-9(15)5-6-19-13)7-11-12(14)8(2)17-18(11)3/h5-6,10,16H,4,7H2,1-3H3. The van der Waals surface area contributed by atoms with Crippen molar-refractivity contribution in [2.75, 3.05) is 6.54 Å². The number of aromatic nitrogens is 2. The molecule has 0 saturated carbocycles. The van der Waals surface area contributed by atoms with Crippen LogP contribution in [0.25, 0.3) is 0 Å². The van der Waals surface area contributed by atoms with Crippen LogP contribution in [0.4, 0.5) is 0 Å². The van der Waals surface area contributed by atoms with Gasteiger partial charge in [-0.3, -0.25) is 4.68 Å². The summed E-state index contributed by atoms with van der Waals surface area (Å²) in [6.45, 7) is 5.03. The second kappa shape index (κ2) is 6.39. The van der Waals surface area contributed by atoms with Crippen LogP contribution in [0.2, 0.25) is 5.02 Å². The molecule has 2 aromatic heterocycles. The topological polar surface area (TPSA) is 29.9 Å². The molecule has 0 aliphatic rings. The Morgan fingerprint density at radius 1 is 1.58 bits per heavy atom. The molecule has 2 aromatic rings. The second-order valence-electron chi connectivity index (χ2n) is 4.42. The van der Waals surface area contributed by atoms with Crippen LogP contribution in [-0.4, -0.2) is 16.3 Å². The number of hydrogen-bond donors (Lipinski definition) is 1. The zero-order valence-corrected chi connectivity index (χ0v) is 14.4. The van der Waals surface area contributed by atoms with E-state index in [0.29, 0.717) is 0 Å². The fourth-order valence-corrected chi connectivity index (χ4v) is 3.92. The maximum absolute atomic E-state index is 6.26. The minimum absolute atomic E-state index is 0.226. The molecular formula is C13H17BrClN3S. The zero-order chi connectivity index (χ0) is 14.0. The SMILES string of the molecule is CCNC(Cc1c(Br)c(C)nn1C)c1sccc1Cl. The van der Waals surface area contributed by atoms with E-state index in [1.165, 1.54) is 10.6 Å². The van der Waals surface area contributed by atoms with E-state index < -0.39 is 0 Å². The van der Waals surface area contributed by atoms with Gasteiger partial charge in [-0.15, -0.1) is 11.3 Å². The molecule has 1 unspecified atom stereocenters. The molecule has 0 aliphatic carbocycles. The smallest absolute Gasteiger partial charge is 0.0738 e. The molecule has 2 heterocycles. The Morgan fingerprint density at radius 2 is 2.32 bits per heavy atom. The lowest BCUT2D eigenvalue weighted by Crippen LogP contribution is -2.23. The van der Waals surface area contributed by atoms with E-state index >= 15 is 0 Å². The average molecular weight is 363 g/mol. The van der Waals surface area contributed by atoms with Gasteiger partial charge in [-0.2, -0.15) is 5.10 Å². The molecule has 0 aromatic carbocycles. The van der Waals surface area contributed by atoms with E-state index in [4.69, 9.17) is 11.6 Å². The van der Waals surface area contributed by atoms with Crippen molar-refractivity contribution >= 4 is 38.9 Å². The van der Waals surface area contributed by atoms with Crippen LogP contribution in [0.3, 0.4) is 0 Å². The first kappa shape index (κ1) is 15.0. The third-order valence-electron chi connectivity index (χ3n) is 3.07. The first-order valence-corrected chi connectivity index (χ1v) is 8.23. The summed E-state index contributed by atoms with van der Waals surface area (Å²) in [6, 6.07) is 2.18. The first-order chi connectivity index (χ1) is 9.04. The van der Waals surface area contributed by atoms with Crippen molar-refractivity contribution in [3.8, 4) is 0 Å². The van der Waals surface area contributed by atoms with Crippen molar-refractivity contribution in [2.24, 2.45) is 7.05 Å². The summed E-state index contributed by atoms with van der Waals surface area (Å²) < 4.78 is 3.02. The lowest BCUT2D eigenvalue weighted by atomic mass is 10.1. The van der Waals surface area contributed by atoms with E-state index in [0.717, 1.165) is 28.2 Å². The van der Waals surface area contributed by atoms with Gasteiger partial charge in [0.15, 0.2) is 0 Å². The van der Waals surface area contributed by atoms with Crippen molar-refractivity contribution < 1.29 is 0 Å². The monoisotopic (exact) mass is 361 g/mol. The van der Waals surface area contributed by atoms with E-state index in [9.17, 15) is 0 Å². The number of thiophene rings is 1. The molecule has 104 valence electrons. The lowest BCUT2D eigenvalue weighted by molar-refractivity contribution is 0.535. The van der Waals surface area contributed by atoms with Crippen LogP contribution in [-0.2, 0) is 13.5 Å². The van der Waals surface area contributed by atoms with Crippen LogP contribution in [0.1, 0.15) is 29.2 Å². The molecule has 0 aliphatic heterocycles. The number of aryl methyl sites for hydroxylation is 2. The van der Waals surface area contributed by atoms with Crippen LogP contribution in [0.15, 0.2) is 15.9 Å². The average Bonchev–Trinajstić information content (AvgIpc) is 2.88. The Bertz CT molecular complexity index is 564. The van der Waals surface area contributed by atoms with Crippen molar-refractivity contribution in [1.82, 2.24) is 15.1 Å². The molecule has 2 rings (SSSR count). The highest BCUT2D eigenvalue weighted by Crippen LogP contribution is 2.32. The number of hydrogen-bond acceptors (Lipinski definition) is 3. The summed E-state index contributed by atoms with van der Waals surface area (Å²) in [7, 11) is 1.98. The number of halogens is 2. The molecule has 0 bridgehead atoms. The largest absolute Gasteiger partial charge is 0.309 e. The highest BCUT2D eigenvalue weighted by Gasteiger charge is 2.20. The predicted molar refractivity (Wildman–Crippen MR) is 85.1 cm³/mol. The Morgan fingerprint density at radius 3 is 2.79 bits per heavy atom. The Balaban J connectivity index is 2.29. The van der Waals surface area contributed by atoms with Gasteiger partial charge in [-0.05, 0) is 40.8 Å². The minimum Gasteiger partial charge on any atom is -0.309 e. The highest BCUT2D eigenvalue weighted by atomic mass is 79.9. The van der Waals surface area contributed by atoms with Crippen molar-refractivity contribution in [3.63, 3.8) is 0 Å². The summed E-state index contributed by atoms with van der Waals surface area (Å²) in [5, 5.41) is 10.8.